The molecule has 1 nitrogen and oxygen atoms in total. The van der Waals surface area contributed by atoms with Gasteiger partial charge in [-0.25, -0.2) is 4.39 Å². The van der Waals surface area contributed by atoms with Crippen LogP contribution in [0.5, 0.6) is 0 Å². The zero-order valence-electron chi connectivity index (χ0n) is 14.0. The SMILES string of the molecule is CCCc1c(CC)c2cc(F)ccc2n1CCc1ccccc1. The summed E-state index contributed by atoms with van der Waals surface area (Å²) in [5.74, 6) is -0.143. The Balaban J connectivity index is 2.04. The maximum atomic E-state index is 13.7. The first-order valence-corrected chi connectivity index (χ1v) is 8.58. The lowest BCUT2D eigenvalue weighted by atomic mass is 10.1. The Morgan fingerprint density at radius 1 is 0.957 bits per heavy atom. The fraction of sp³-hybridized carbons (Fsp3) is 0.333. The number of aromatic nitrogens is 1. The predicted octanol–water partition coefficient (Wildman–Crippen LogP) is 5.54. The summed E-state index contributed by atoms with van der Waals surface area (Å²) < 4.78 is 16.1. The highest BCUT2D eigenvalue weighted by Gasteiger charge is 2.15. The highest BCUT2D eigenvalue weighted by molar-refractivity contribution is 5.85. The van der Waals surface area contributed by atoms with E-state index in [2.05, 4.69) is 48.7 Å². The number of benzene rings is 2. The van der Waals surface area contributed by atoms with Gasteiger partial charge in [0.2, 0.25) is 0 Å². The first-order chi connectivity index (χ1) is 11.2. The average Bonchev–Trinajstić information content (AvgIpc) is 2.86. The van der Waals surface area contributed by atoms with Gasteiger partial charge in [0.25, 0.3) is 0 Å². The van der Waals surface area contributed by atoms with Gasteiger partial charge in [0.05, 0.1) is 0 Å². The van der Waals surface area contributed by atoms with Crippen molar-refractivity contribution in [3.63, 3.8) is 0 Å². The number of nitrogens with zero attached hydrogens (tertiary/aromatic N) is 1. The van der Waals surface area contributed by atoms with E-state index in [-0.39, 0.29) is 5.82 Å². The number of hydrogen-bond donors (Lipinski definition) is 0. The molecule has 0 aliphatic carbocycles. The van der Waals surface area contributed by atoms with Gasteiger partial charge in [-0.05, 0) is 48.6 Å². The minimum Gasteiger partial charge on any atom is -0.344 e. The number of hydrogen-bond acceptors (Lipinski definition) is 0. The molecular formula is C21H24FN. The van der Waals surface area contributed by atoms with Gasteiger partial charge in [-0.1, -0.05) is 50.6 Å². The highest BCUT2D eigenvalue weighted by atomic mass is 19.1. The Labute approximate surface area is 137 Å². The van der Waals surface area contributed by atoms with E-state index < -0.39 is 0 Å². The molecule has 0 fully saturated rings. The molecule has 0 aliphatic heterocycles. The standard InChI is InChI=1S/C21H24FN/c1-3-8-20-18(4-2)19-15-17(22)11-12-21(19)23(20)14-13-16-9-6-5-7-10-16/h5-7,9-12,15H,3-4,8,13-14H2,1-2H3. The summed E-state index contributed by atoms with van der Waals surface area (Å²) in [6.45, 7) is 5.32. The van der Waals surface area contributed by atoms with Gasteiger partial charge >= 0.3 is 0 Å². The van der Waals surface area contributed by atoms with Crippen molar-refractivity contribution in [3.05, 3.63) is 71.2 Å². The number of fused-ring (bicyclic) bond motifs is 1. The van der Waals surface area contributed by atoms with E-state index in [0.29, 0.717) is 0 Å². The monoisotopic (exact) mass is 309 g/mol. The molecule has 0 bridgehead atoms. The highest BCUT2D eigenvalue weighted by Crippen LogP contribution is 2.29. The maximum Gasteiger partial charge on any atom is 0.123 e. The molecule has 2 aromatic carbocycles. The summed E-state index contributed by atoms with van der Waals surface area (Å²) in [4.78, 5) is 0. The summed E-state index contributed by atoms with van der Waals surface area (Å²) in [6.07, 6.45) is 4.11. The molecule has 0 aliphatic rings. The van der Waals surface area contributed by atoms with Crippen LogP contribution in [-0.2, 0) is 25.8 Å². The molecule has 23 heavy (non-hydrogen) atoms. The quantitative estimate of drug-likeness (QED) is 0.563. The fourth-order valence-corrected chi connectivity index (χ4v) is 3.51. The summed E-state index contributed by atoms with van der Waals surface area (Å²) >= 11 is 0. The normalized spacial score (nSPS) is 11.3. The molecule has 1 heterocycles. The largest absolute Gasteiger partial charge is 0.344 e. The van der Waals surface area contributed by atoms with Gasteiger partial charge in [-0.15, -0.1) is 0 Å². The second-order valence-corrected chi connectivity index (χ2v) is 6.08. The van der Waals surface area contributed by atoms with Crippen LogP contribution in [0.1, 0.15) is 37.1 Å². The van der Waals surface area contributed by atoms with E-state index in [1.807, 2.05) is 6.07 Å². The van der Waals surface area contributed by atoms with E-state index in [0.717, 1.165) is 37.6 Å². The molecule has 0 amide bonds. The topological polar surface area (TPSA) is 4.93 Å². The Bertz CT molecular complexity index is 786. The molecular weight excluding hydrogens is 285 g/mol. The van der Waals surface area contributed by atoms with Gasteiger partial charge in [0.15, 0.2) is 0 Å². The summed E-state index contributed by atoms with van der Waals surface area (Å²) in [5.41, 5.74) is 5.21. The van der Waals surface area contributed by atoms with Gasteiger partial charge in [-0.2, -0.15) is 0 Å². The van der Waals surface area contributed by atoms with Crippen molar-refractivity contribution >= 4 is 10.9 Å². The summed E-state index contributed by atoms with van der Waals surface area (Å²) in [5, 5.41) is 1.09. The minimum absolute atomic E-state index is 0.143. The number of aryl methyl sites for hydroxylation is 3. The lowest BCUT2D eigenvalue weighted by molar-refractivity contribution is 0.629. The van der Waals surface area contributed by atoms with Crippen molar-refractivity contribution in [1.29, 1.82) is 0 Å². The molecule has 2 heteroatoms. The van der Waals surface area contributed by atoms with Crippen LogP contribution < -0.4 is 0 Å². The first-order valence-electron chi connectivity index (χ1n) is 8.58. The van der Waals surface area contributed by atoms with Crippen molar-refractivity contribution in [2.45, 2.75) is 46.1 Å². The smallest absolute Gasteiger partial charge is 0.123 e. The molecule has 3 aromatic rings. The third kappa shape index (κ3) is 3.17. The third-order valence-electron chi connectivity index (χ3n) is 4.56. The van der Waals surface area contributed by atoms with Crippen molar-refractivity contribution in [3.8, 4) is 0 Å². The van der Waals surface area contributed by atoms with Gasteiger partial charge in [0.1, 0.15) is 5.82 Å². The van der Waals surface area contributed by atoms with Crippen LogP contribution >= 0.6 is 0 Å². The van der Waals surface area contributed by atoms with E-state index in [1.54, 1.807) is 12.1 Å². The number of halogens is 1. The Morgan fingerprint density at radius 3 is 2.43 bits per heavy atom. The molecule has 0 N–H and O–H groups in total. The average molecular weight is 309 g/mol. The zero-order valence-corrected chi connectivity index (χ0v) is 14.0. The Hall–Kier alpha value is -2.09. The van der Waals surface area contributed by atoms with Gasteiger partial charge < -0.3 is 4.57 Å². The molecule has 0 atom stereocenters. The first kappa shape index (κ1) is 15.8. The predicted molar refractivity (Wildman–Crippen MR) is 95.4 cm³/mol. The third-order valence-corrected chi connectivity index (χ3v) is 4.56. The molecule has 0 saturated heterocycles. The second-order valence-electron chi connectivity index (χ2n) is 6.08. The molecule has 0 unspecified atom stereocenters. The van der Waals surface area contributed by atoms with Crippen LogP contribution in [0, 0.1) is 5.82 Å². The van der Waals surface area contributed by atoms with E-state index in [1.165, 1.54) is 22.3 Å². The summed E-state index contributed by atoms with van der Waals surface area (Å²) in [6, 6.07) is 15.8. The van der Waals surface area contributed by atoms with E-state index in [4.69, 9.17) is 0 Å². The van der Waals surface area contributed by atoms with Crippen LogP contribution in [0.4, 0.5) is 4.39 Å². The molecule has 3 rings (SSSR count). The lowest BCUT2D eigenvalue weighted by Gasteiger charge is -2.12. The molecule has 0 saturated carbocycles. The van der Waals surface area contributed by atoms with Crippen molar-refractivity contribution in [2.75, 3.05) is 0 Å². The van der Waals surface area contributed by atoms with Crippen molar-refractivity contribution in [1.82, 2.24) is 4.57 Å². The van der Waals surface area contributed by atoms with Crippen LogP contribution in [0.2, 0.25) is 0 Å². The Morgan fingerprint density at radius 2 is 1.74 bits per heavy atom. The molecule has 0 radical (unpaired) electrons. The fourth-order valence-electron chi connectivity index (χ4n) is 3.51. The van der Waals surface area contributed by atoms with Crippen molar-refractivity contribution < 1.29 is 4.39 Å². The van der Waals surface area contributed by atoms with E-state index in [9.17, 15) is 4.39 Å². The van der Waals surface area contributed by atoms with Crippen LogP contribution in [-0.4, -0.2) is 4.57 Å². The second kappa shape index (κ2) is 6.99. The van der Waals surface area contributed by atoms with Gasteiger partial charge in [0, 0.05) is 23.1 Å². The van der Waals surface area contributed by atoms with Crippen LogP contribution in [0.3, 0.4) is 0 Å². The van der Waals surface area contributed by atoms with Crippen molar-refractivity contribution in [2.24, 2.45) is 0 Å². The molecule has 120 valence electrons. The number of rotatable bonds is 6. The molecule has 1 aromatic heterocycles. The Kier molecular flexibility index (Phi) is 4.80. The molecule has 0 spiro atoms. The zero-order chi connectivity index (χ0) is 16.2. The minimum atomic E-state index is -0.143. The van der Waals surface area contributed by atoms with Crippen LogP contribution in [0.15, 0.2) is 48.5 Å². The van der Waals surface area contributed by atoms with E-state index >= 15 is 0 Å². The van der Waals surface area contributed by atoms with Gasteiger partial charge in [-0.3, -0.25) is 0 Å². The lowest BCUT2D eigenvalue weighted by Crippen LogP contribution is -2.06. The van der Waals surface area contributed by atoms with Crippen LogP contribution in [0.25, 0.3) is 10.9 Å². The maximum absolute atomic E-state index is 13.7. The summed E-state index contributed by atoms with van der Waals surface area (Å²) in [7, 11) is 0.